The van der Waals surface area contributed by atoms with Gasteiger partial charge in [-0.05, 0) is 51.8 Å². The molecule has 4 nitrogen and oxygen atoms in total. The quantitative estimate of drug-likeness (QED) is 0.809. The molecular weight excluding hydrogens is 356 g/mol. The van der Waals surface area contributed by atoms with Crippen molar-refractivity contribution in [3.63, 3.8) is 0 Å². The molecule has 0 aromatic heterocycles. The van der Waals surface area contributed by atoms with Crippen molar-refractivity contribution in [3.05, 3.63) is 57.0 Å². The first-order valence-corrected chi connectivity index (χ1v) is 7.34. The minimum Gasteiger partial charge on any atom is -0.495 e. The van der Waals surface area contributed by atoms with Gasteiger partial charge in [0.15, 0.2) is 0 Å². The molecule has 0 heterocycles. The molecule has 3 N–H and O–H groups in total. The number of rotatable bonds is 4. The van der Waals surface area contributed by atoms with Crippen LogP contribution in [0.3, 0.4) is 0 Å². The van der Waals surface area contributed by atoms with E-state index in [1.54, 1.807) is 37.4 Å². The number of anilines is 1. The Morgan fingerprint density at radius 1 is 1.33 bits per heavy atom. The van der Waals surface area contributed by atoms with Crippen molar-refractivity contribution in [2.24, 2.45) is 0 Å². The van der Waals surface area contributed by atoms with Gasteiger partial charge in [0.2, 0.25) is 0 Å². The number of halogens is 2. The molecule has 0 saturated heterocycles. The van der Waals surface area contributed by atoms with E-state index in [0.29, 0.717) is 33.0 Å². The summed E-state index contributed by atoms with van der Waals surface area (Å²) in [5, 5.41) is 3.40. The Balaban J connectivity index is 2.05. The molecule has 0 atom stereocenters. The fourth-order valence-corrected chi connectivity index (χ4v) is 2.71. The molecular formula is C15H14BrClN2O2. The first-order valence-electron chi connectivity index (χ1n) is 6.17. The van der Waals surface area contributed by atoms with Crippen LogP contribution in [-0.2, 0) is 6.54 Å². The predicted molar refractivity (Wildman–Crippen MR) is 87.7 cm³/mol. The Bertz CT molecular complexity index is 677. The van der Waals surface area contributed by atoms with Crippen molar-refractivity contribution in [2.45, 2.75) is 6.54 Å². The maximum Gasteiger partial charge on any atom is 0.252 e. The van der Waals surface area contributed by atoms with Crippen LogP contribution in [0.2, 0.25) is 5.02 Å². The van der Waals surface area contributed by atoms with Gasteiger partial charge in [0, 0.05) is 16.0 Å². The van der Waals surface area contributed by atoms with E-state index in [2.05, 4.69) is 21.2 Å². The van der Waals surface area contributed by atoms with Crippen LogP contribution in [0.4, 0.5) is 5.69 Å². The number of benzene rings is 2. The van der Waals surface area contributed by atoms with E-state index >= 15 is 0 Å². The number of carbonyl (C=O) groups is 1. The minimum absolute atomic E-state index is 0.187. The first kappa shape index (κ1) is 15.7. The molecule has 6 heteroatoms. The number of nitrogen functional groups attached to an aromatic ring is 1. The van der Waals surface area contributed by atoms with Crippen LogP contribution in [0.1, 0.15) is 15.9 Å². The Labute approximate surface area is 136 Å². The molecule has 0 aliphatic rings. The second-order valence-corrected chi connectivity index (χ2v) is 5.67. The lowest BCUT2D eigenvalue weighted by Crippen LogP contribution is -2.23. The fourth-order valence-electron chi connectivity index (χ4n) is 1.84. The molecule has 0 fully saturated rings. The van der Waals surface area contributed by atoms with E-state index in [4.69, 9.17) is 22.1 Å². The van der Waals surface area contributed by atoms with Gasteiger partial charge < -0.3 is 15.8 Å². The van der Waals surface area contributed by atoms with Crippen LogP contribution >= 0.6 is 27.5 Å². The zero-order valence-corrected chi connectivity index (χ0v) is 13.7. The molecule has 110 valence electrons. The summed E-state index contributed by atoms with van der Waals surface area (Å²) in [4.78, 5) is 12.1. The number of nitrogens with two attached hydrogens (primary N) is 1. The molecule has 0 radical (unpaired) electrons. The van der Waals surface area contributed by atoms with Gasteiger partial charge in [-0.3, -0.25) is 4.79 Å². The monoisotopic (exact) mass is 368 g/mol. The van der Waals surface area contributed by atoms with Crippen LogP contribution in [0.15, 0.2) is 40.9 Å². The van der Waals surface area contributed by atoms with Crippen LogP contribution in [0.25, 0.3) is 0 Å². The molecule has 0 aliphatic carbocycles. The summed E-state index contributed by atoms with van der Waals surface area (Å²) in [6, 6.07) is 10.4. The molecule has 21 heavy (non-hydrogen) atoms. The topological polar surface area (TPSA) is 64.3 Å². The highest BCUT2D eigenvalue weighted by Gasteiger charge is 2.10. The second kappa shape index (κ2) is 6.83. The number of hydrogen-bond donors (Lipinski definition) is 2. The number of amides is 1. The van der Waals surface area contributed by atoms with Crippen molar-refractivity contribution >= 4 is 39.1 Å². The van der Waals surface area contributed by atoms with Crippen molar-refractivity contribution in [1.82, 2.24) is 5.32 Å². The van der Waals surface area contributed by atoms with Crippen molar-refractivity contribution in [3.8, 4) is 5.75 Å². The molecule has 0 bridgehead atoms. The summed E-state index contributed by atoms with van der Waals surface area (Å²) in [5.74, 6) is 0.429. The Morgan fingerprint density at radius 3 is 2.71 bits per heavy atom. The van der Waals surface area contributed by atoms with E-state index in [9.17, 15) is 4.79 Å². The summed E-state index contributed by atoms with van der Waals surface area (Å²) in [7, 11) is 1.56. The average Bonchev–Trinajstić information content (AvgIpc) is 2.45. The number of carbonyl (C=O) groups excluding carboxylic acids is 1. The smallest absolute Gasteiger partial charge is 0.252 e. The second-order valence-electron chi connectivity index (χ2n) is 4.38. The maximum absolute atomic E-state index is 12.1. The largest absolute Gasteiger partial charge is 0.495 e. The van der Waals surface area contributed by atoms with E-state index in [0.717, 1.165) is 5.56 Å². The third-order valence-corrected chi connectivity index (χ3v) is 3.81. The molecule has 0 aliphatic heterocycles. The lowest BCUT2D eigenvalue weighted by molar-refractivity contribution is 0.0950. The first-order chi connectivity index (χ1) is 10.0. The van der Waals surface area contributed by atoms with E-state index in [-0.39, 0.29) is 5.91 Å². The fraction of sp³-hybridized carbons (Fsp3) is 0.133. The highest BCUT2D eigenvalue weighted by molar-refractivity contribution is 9.10. The number of ether oxygens (including phenoxy) is 1. The van der Waals surface area contributed by atoms with Gasteiger partial charge in [-0.25, -0.2) is 0 Å². The summed E-state index contributed by atoms with van der Waals surface area (Å²) < 4.78 is 5.75. The molecule has 2 aromatic rings. The van der Waals surface area contributed by atoms with Gasteiger partial charge >= 0.3 is 0 Å². The van der Waals surface area contributed by atoms with Crippen LogP contribution < -0.4 is 15.8 Å². The van der Waals surface area contributed by atoms with Gasteiger partial charge in [-0.1, -0.05) is 17.7 Å². The minimum atomic E-state index is -0.187. The van der Waals surface area contributed by atoms with E-state index < -0.39 is 0 Å². The standard InChI is InChI=1S/C15H14BrClN2O2/c1-21-14-5-2-9(6-13(14)18)8-19-15(20)11-4-3-10(17)7-12(11)16/h2-7H,8,18H2,1H3,(H,19,20). The van der Waals surface area contributed by atoms with Gasteiger partial charge in [-0.15, -0.1) is 0 Å². The summed E-state index contributed by atoms with van der Waals surface area (Å²) >= 11 is 9.18. The van der Waals surface area contributed by atoms with Gasteiger partial charge in [0.25, 0.3) is 5.91 Å². The van der Waals surface area contributed by atoms with Crippen molar-refractivity contribution in [2.75, 3.05) is 12.8 Å². The lowest BCUT2D eigenvalue weighted by Gasteiger charge is -2.09. The third kappa shape index (κ3) is 3.89. The predicted octanol–water partition coefficient (Wildman–Crippen LogP) is 3.62. The molecule has 1 amide bonds. The highest BCUT2D eigenvalue weighted by atomic mass is 79.9. The Hall–Kier alpha value is -1.72. The summed E-state index contributed by atoms with van der Waals surface area (Å²) in [5.41, 5.74) is 7.79. The van der Waals surface area contributed by atoms with E-state index in [1.165, 1.54) is 0 Å². The van der Waals surface area contributed by atoms with Gasteiger partial charge in [0.05, 0.1) is 18.4 Å². The molecule has 0 spiro atoms. The lowest BCUT2D eigenvalue weighted by atomic mass is 10.1. The molecule has 0 unspecified atom stereocenters. The van der Waals surface area contributed by atoms with Crippen LogP contribution in [0, 0.1) is 0 Å². The maximum atomic E-state index is 12.1. The highest BCUT2D eigenvalue weighted by Crippen LogP contribution is 2.23. The normalized spacial score (nSPS) is 10.2. The summed E-state index contributed by atoms with van der Waals surface area (Å²) in [6.07, 6.45) is 0. The van der Waals surface area contributed by atoms with Crippen molar-refractivity contribution < 1.29 is 9.53 Å². The zero-order valence-electron chi connectivity index (χ0n) is 11.3. The van der Waals surface area contributed by atoms with Crippen LogP contribution in [-0.4, -0.2) is 13.0 Å². The molecule has 0 saturated carbocycles. The Kier molecular flexibility index (Phi) is 5.09. The number of nitrogens with one attached hydrogen (secondary N) is 1. The third-order valence-electron chi connectivity index (χ3n) is 2.92. The van der Waals surface area contributed by atoms with Crippen molar-refractivity contribution in [1.29, 1.82) is 0 Å². The van der Waals surface area contributed by atoms with Gasteiger partial charge in [0.1, 0.15) is 5.75 Å². The van der Waals surface area contributed by atoms with Gasteiger partial charge in [-0.2, -0.15) is 0 Å². The van der Waals surface area contributed by atoms with E-state index in [1.807, 2.05) is 6.07 Å². The molecule has 2 rings (SSSR count). The Morgan fingerprint density at radius 2 is 2.10 bits per heavy atom. The number of methoxy groups -OCH3 is 1. The zero-order chi connectivity index (χ0) is 15.4. The van der Waals surface area contributed by atoms with Crippen LogP contribution in [0.5, 0.6) is 5.75 Å². The number of hydrogen-bond acceptors (Lipinski definition) is 3. The average molecular weight is 370 g/mol. The SMILES string of the molecule is COc1ccc(CNC(=O)c2ccc(Cl)cc2Br)cc1N. The summed E-state index contributed by atoms with van der Waals surface area (Å²) in [6.45, 7) is 0.377. The molecule has 2 aromatic carbocycles.